The van der Waals surface area contributed by atoms with Crippen LogP contribution in [0.15, 0.2) is 199 Å². The van der Waals surface area contributed by atoms with E-state index in [1.54, 1.807) is 11.3 Å². The van der Waals surface area contributed by atoms with Crippen molar-refractivity contribution in [2.75, 3.05) is 4.90 Å². The molecule has 2 aromatic heterocycles. The third kappa shape index (κ3) is 5.46. The molecule has 55 heavy (non-hydrogen) atoms. The van der Waals surface area contributed by atoms with Crippen molar-refractivity contribution in [2.24, 2.45) is 0 Å². The number of benzene rings is 9. The second-order valence-corrected chi connectivity index (χ2v) is 15.0. The Kier molecular flexibility index (Phi) is 7.35. The molecule has 0 aliphatic heterocycles. The number of nitrogens with zero attached hydrogens (tertiary/aromatic N) is 2. The van der Waals surface area contributed by atoms with Gasteiger partial charge >= 0.3 is 0 Å². The van der Waals surface area contributed by atoms with Crippen molar-refractivity contribution in [3.63, 3.8) is 0 Å². The zero-order chi connectivity index (χ0) is 36.3. The Hall–Kier alpha value is -7.01. The summed E-state index contributed by atoms with van der Waals surface area (Å²) in [5, 5.41) is 8.07. The fourth-order valence-electron chi connectivity index (χ4n) is 7.97. The molecule has 0 fully saturated rings. The minimum atomic E-state index is 0.840. The second-order valence-electron chi connectivity index (χ2n) is 14.0. The fourth-order valence-corrected chi connectivity index (χ4v) is 8.95. The molecule has 0 spiro atoms. The minimum Gasteiger partial charge on any atom is -0.454 e. The van der Waals surface area contributed by atoms with Crippen molar-refractivity contribution in [1.29, 1.82) is 0 Å². The van der Waals surface area contributed by atoms with Gasteiger partial charge in [-0.15, -0.1) is 11.3 Å². The lowest BCUT2D eigenvalue weighted by Gasteiger charge is -2.26. The second kappa shape index (κ2) is 12.8. The molecule has 0 saturated carbocycles. The van der Waals surface area contributed by atoms with E-state index in [0.29, 0.717) is 0 Å². The van der Waals surface area contributed by atoms with Gasteiger partial charge in [0.15, 0.2) is 5.58 Å². The lowest BCUT2D eigenvalue weighted by Crippen LogP contribution is -2.10. The summed E-state index contributed by atoms with van der Waals surface area (Å²) in [6, 6.07) is 69.3. The maximum absolute atomic E-state index is 6.87. The Bertz CT molecular complexity index is 3210. The standard InChI is InChI=1S/C51H32N2OS/c1-2-13-36(14-3-1)51-52-46-31-45-44-21-10-22-47(50(44)54-48(45)32-49(46)55-51)53(40-27-25-35(26-28-40)43-20-9-16-34-12-6-7-19-42(34)43)41-18-8-17-38(30-41)39-24-23-33-11-4-5-15-37(33)29-39/h1-32H. The van der Waals surface area contributed by atoms with Crippen LogP contribution >= 0.6 is 11.3 Å². The van der Waals surface area contributed by atoms with Crippen LogP contribution in [0.5, 0.6) is 0 Å². The van der Waals surface area contributed by atoms with Crippen molar-refractivity contribution in [3.8, 4) is 32.8 Å². The molecule has 0 saturated heterocycles. The molecule has 11 aromatic rings. The number of thiazole rings is 1. The number of para-hydroxylation sites is 1. The predicted octanol–water partition coefficient (Wildman–Crippen LogP) is 15.0. The van der Waals surface area contributed by atoms with Gasteiger partial charge in [-0.05, 0) is 86.3 Å². The number of aromatic nitrogens is 1. The predicted molar refractivity (Wildman–Crippen MR) is 233 cm³/mol. The Balaban J connectivity index is 1.08. The number of fused-ring (bicyclic) bond motifs is 6. The summed E-state index contributed by atoms with van der Waals surface area (Å²) < 4.78 is 7.98. The molecule has 0 bridgehead atoms. The van der Waals surface area contributed by atoms with Crippen molar-refractivity contribution in [1.82, 2.24) is 4.98 Å². The molecule has 0 N–H and O–H groups in total. The highest BCUT2D eigenvalue weighted by Crippen LogP contribution is 2.45. The number of anilines is 3. The monoisotopic (exact) mass is 720 g/mol. The summed E-state index contributed by atoms with van der Waals surface area (Å²) in [5.74, 6) is 0. The van der Waals surface area contributed by atoms with Gasteiger partial charge in [0.25, 0.3) is 0 Å². The molecule has 9 aromatic carbocycles. The SMILES string of the molecule is c1ccc(-c2nc3cc4c(cc3s2)oc2c(N(c3ccc(-c5cccc6ccccc56)cc3)c3cccc(-c5ccc6ccccc6c5)c3)cccc24)cc1. The first-order valence-corrected chi connectivity index (χ1v) is 19.3. The Morgan fingerprint density at radius 3 is 2.02 bits per heavy atom. The van der Waals surface area contributed by atoms with Crippen molar-refractivity contribution >= 4 is 82.1 Å². The van der Waals surface area contributed by atoms with E-state index in [1.165, 1.54) is 38.2 Å². The average Bonchev–Trinajstić information content (AvgIpc) is 3.84. The van der Waals surface area contributed by atoms with Gasteiger partial charge in [-0.2, -0.15) is 0 Å². The Morgan fingerprint density at radius 2 is 1.13 bits per heavy atom. The van der Waals surface area contributed by atoms with Crippen molar-refractivity contribution < 1.29 is 4.42 Å². The van der Waals surface area contributed by atoms with E-state index in [1.807, 2.05) is 6.07 Å². The van der Waals surface area contributed by atoms with Crippen molar-refractivity contribution in [3.05, 3.63) is 194 Å². The molecule has 0 radical (unpaired) electrons. The highest BCUT2D eigenvalue weighted by atomic mass is 32.1. The third-order valence-corrected chi connectivity index (χ3v) is 11.7. The number of hydrogen-bond donors (Lipinski definition) is 0. The number of rotatable bonds is 6. The summed E-state index contributed by atoms with van der Waals surface area (Å²) in [5.41, 5.74) is 11.6. The molecule has 0 aliphatic rings. The maximum atomic E-state index is 6.87. The molecule has 3 nitrogen and oxygen atoms in total. The van der Waals surface area contributed by atoms with Gasteiger partial charge < -0.3 is 9.32 Å². The van der Waals surface area contributed by atoms with E-state index in [2.05, 4.69) is 193 Å². The lowest BCUT2D eigenvalue weighted by atomic mass is 9.98. The van der Waals surface area contributed by atoms with Gasteiger partial charge in [0.05, 0.1) is 15.9 Å². The zero-order valence-corrected chi connectivity index (χ0v) is 30.5. The van der Waals surface area contributed by atoms with Gasteiger partial charge in [-0.25, -0.2) is 4.98 Å². The summed E-state index contributed by atoms with van der Waals surface area (Å²) in [6.45, 7) is 0. The Labute approximate surface area is 322 Å². The topological polar surface area (TPSA) is 29.3 Å². The summed E-state index contributed by atoms with van der Waals surface area (Å²) >= 11 is 1.70. The maximum Gasteiger partial charge on any atom is 0.159 e. The highest BCUT2D eigenvalue weighted by Gasteiger charge is 2.21. The van der Waals surface area contributed by atoms with Crippen LogP contribution in [0.25, 0.3) is 86.5 Å². The third-order valence-electron chi connectivity index (χ3n) is 10.7. The van der Waals surface area contributed by atoms with Crippen LogP contribution in [0, 0.1) is 0 Å². The van der Waals surface area contributed by atoms with Crippen LogP contribution in [0.2, 0.25) is 0 Å². The summed E-state index contributed by atoms with van der Waals surface area (Å²) in [7, 11) is 0. The smallest absolute Gasteiger partial charge is 0.159 e. The first-order valence-electron chi connectivity index (χ1n) is 18.5. The zero-order valence-electron chi connectivity index (χ0n) is 29.7. The average molecular weight is 721 g/mol. The first-order chi connectivity index (χ1) is 27.2. The van der Waals surface area contributed by atoms with Crippen LogP contribution < -0.4 is 4.90 Å². The molecule has 0 atom stereocenters. The van der Waals surface area contributed by atoms with Gasteiger partial charge in [0.1, 0.15) is 10.6 Å². The van der Waals surface area contributed by atoms with E-state index in [4.69, 9.17) is 9.40 Å². The van der Waals surface area contributed by atoms with E-state index in [-0.39, 0.29) is 0 Å². The van der Waals surface area contributed by atoms with E-state index in [9.17, 15) is 0 Å². The van der Waals surface area contributed by atoms with Gasteiger partial charge in [-0.1, -0.05) is 146 Å². The molecule has 0 amide bonds. The lowest BCUT2D eigenvalue weighted by molar-refractivity contribution is 0.669. The van der Waals surface area contributed by atoms with Crippen LogP contribution in [0.4, 0.5) is 17.1 Å². The number of furan rings is 1. The van der Waals surface area contributed by atoms with Gasteiger partial charge in [0.2, 0.25) is 0 Å². The minimum absolute atomic E-state index is 0.840. The first kappa shape index (κ1) is 31.5. The molecular formula is C51H32N2OS. The van der Waals surface area contributed by atoms with Crippen LogP contribution in [0.1, 0.15) is 0 Å². The van der Waals surface area contributed by atoms with Gasteiger partial charge in [-0.3, -0.25) is 0 Å². The fraction of sp³-hybridized carbons (Fsp3) is 0. The van der Waals surface area contributed by atoms with E-state index < -0.39 is 0 Å². The summed E-state index contributed by atoms with van der Waals surface area (Å²) in [6.07, 6.45) is 0. The quantitative estimate of drug-likeness (QED) is 0.171. The highest BCUT2D eigenvalue weighted by molar-refractivity contribution is 7.21. The summed E-state index contributed by atoms with van der Waals surface area (Å²) in [4.78, 5) is 7.38. The molecule has 0 unspecified atom stereocenters. The van der Waals surface area contributed by atoms with Crippen molar-refractivity contribution in [2.45, 2.75) is 0 Å². The normalized spacial score (nSPS) is 11.6. The van der Waals surface area contributed by atoms with Crippen LogP contribution in [0.3, 0.4) is 0 Å². The Morgan fingerprint density at radius 1 is 0.436 bits per heavy atom. The molecule has 11 rings (SSSR count). The van der Waals surface area contributed by atoms with Crippen LogP contribution in [-0.4, -0.2) is 4.98 Å². The van der Waals surface area contributed by atoms with E-state index >= 15 is 0 Å². The van der Waals surface area contributed by atoms with Gasteiger partial charge in [0, 0.05) is 33.8 Å². The molecule has 2 heterocycles. The number of hydrogen-bond acceptors (Lipinski definition) is 4. The molecular weight excluding hydrogens is 689 g/mol. The van der Waals surface area contributed by atoms with Crippen LogP contribution in [-0.2, 0) is 0 Å². The molecule has 258 valence electrons. The largest absolute Gasteiger partial charge is 0.454 e. The molecule has 0 aliphatic carbocycles. The van der Waals surface area contributed by atoms with E-state index in [0.717, 1.165) is 65.4 Å². The molecule has 4 heteroatoms.